The summed E-state index contributed by atoms with van der Waals surface area (Å²) < 4.78 is 38.0. The van der Waals surface area contributed by atoms with Crippen molar-refractivity contribution in [3.8, 4) is 29.6 Å². The number of ether oxygens (including phenoxy) is 1. The molecule has 4 aliphatic heterocycles. The van der Waals surface area contributed by atoms with Crippen LogP contribution in [-0.4, -0.2) is 81.1 Å². The van der Waals surface area contributed by atoms with Gasteiger partial charge in [0, 0.05) is 42.3 Å². The number of halogens is 2. The van der Waals surface area contributed by atoms with Crippen molar-refractivity contribution in [3.05, 3.63) is 66.4 Å². The molecule has 4 aromatic rings. The number of benzene rings is 2. The van der Waals surface area contributed by atoms with Gasteiger partial charge in [0.15, 0.2) is 5.82 Å². The maximum atomic E-state index is 16.8. The molecule has 0 spiro atoms. The zero-order valence-corrected chi connectivity index (χ0v) is 25.5. The van der Waals surface area contributed by atoms with Crippen LogP contribution in [-0.2, 0) is 4.79 Å². The summed E-state index contributed by atoms with van der Waals surface area (Å²) in [6.07, 6.45) is 14.8. The molecule has 4 saturated heterocycles. The minimum Gasteiger partial charge on any atom is -0.461 e. The maximum absolute atomic E-state index is 16.8. The van der Waals surface area contributed by atoms with E-state index in [9.17, 15) is 9.18 Å². The van der Waals surface area contributed by atoms with Crippen LogP contribution in [0.5, 0.6) is 6.01 Å². The number of carbonyl (C=O) groups excluding carboxylic acids is 1. The fourth-order valence-corrected chi connectivity index (χ4v) is 8.41. The average Bonchev–Trinajstić information content (AvgIpc) is 3.73. The lowest BCUT2D eigenvalue weighted by Gasteiger charge is -2.41. The highest BCUT2D eigenvalue weighted by atomic mass is 19.1. The lowest BCUT2D eigenvalue weighted by Crippen LogP contribution is -2.55. The third-order valence-corrected chi connectivity index (χ3v) is 10.5. The molecule has 2 atom stereocenters. The van der Waals surface area contributed by atoms with E-state index in [-0.39, 0.29) is 46.3 Å². The Kier molecular flexibility index (Phi) is 6.91. The molecule has 4 aliphatic rings. The number of fused-ring (bicyclic) bond motifs is 5. The monoisotopic (exact) mass is 620 g/mol. The molecule has 6 heterocycles. The second-order valence-electron chi connectivity index (χ2n) is 12.9. The van der Waals surface area contributed by atoms with Crippen LogP contribution < -0.4 is 9.64 Å². The number of aromatic nitrogens is 3. The van der Waals surface area contributed by atoms with Gasteiger partial charge in [-0.15, -0.1) is 6.42 Å². The zero-order chi connectivity index (χ0) is 31.6. The van der Waals surface area contributed by atoms with Gasteiger partial charge in [0.1, 0.15) is 29.5 Å². The summed E-state index contributed by atoms with van der Waals surface area (Å²) in [6, 6.07) is 8.32. The third kappa shape index (κ3) is 4.43. The molecule has 234 valence electrons. The highest BCUT2D eigenvalue weighted by Gasteiger charge is 2.45. The number of rotatable bonds is 6. The summed E-state index contributed by atoms with van der Waals surface area (Å²) in [5, 5.41) is 1.55. The zero-order valence-electron chi connectivity index (χ0n) is 25.5. The second-order valence-corrected chi connectivity index (χ2v) is 12.9. The molecule has 8 rings (SSSR count). The Morgan fingerprint density at radius 2 is 1.87 bits per heavy atom. The largest absolute Gasteiger partial charge is 0.461 e. The van der Waals surface area contributed by atoms with Gasteiger partial charge in [-0.05, 0) is 69.1 Å². The fraction of sp³-hybridized carbons (Fsp3) is 0.389. The Bertz CT molecular complexity index is 1930. The molecule has 2 aromatic heterocycles. The van der Waals surface area contributed by atoms with Gasteiger partial charge < -0.3 is 14.5 Å². The van der Waals surface area contributed by atoms with Crippen molar-refractivity contribution in [2.45, 2.75) is 56.1 Å². The molecular formula is C36H34F2N6O2. The maximum Gasteiger partial charge on any atom is 0.319 e. The topological polar surface area (TPSA) is 74.7 Å². The summed E-state index contributed by atoms with van der Waals surface area (Å²) in [5.41, 5.74) is 0.488. The van der Waals surface area contributed by atoms with E-state index in [0.717, 1.165) is 51.6 Å². The van der Waals surface area contributed by atoms with E-state index in [4.69, 9.17) is 16.1 Å². The lowest BCUT2D eigenvalue weighted by molar-refractivity contribution is -0.129. The van der Waals surface area contributed by atoms with Crippen LogP contribution in [0, 0.1) is 24.0 Å². The first-order valence-corrected chi connectivity index (χ1v) is 16.0. The van der Waals surface area contributed by atoms with E-state index in [1.54, 1.807) is 24.4 Å². The van der Waals surface area contributed by atoms with Crippen LogP contribution in [0.25, 0.3) is 32.9 Å². The molecule has 10 heteroatoms. The minimum absolute atomic E-state index is 0.00657. The molecule has 2 unspecified atom stereocenters. The van der Waals surface area contributed by atoms with Crippen LogP contribution in [0.3, 0.4) is 0 Å². The number of nitrogens with zero attached hydrogens (tertiary/aromatic N) is 6. The number of piperazine rings is 1. The Morgan fingerprint density at radius 3 is 2.59 bits per heavy atom. The molecule has 0 radical (unpaired) electrons. The quantitative estimate of drug-likeness (QED) is 0.209. The van der Waals surface area contributed by atoms with E-state index in [1.165, 1.54) is 12.1 Å². The summed E-state index contributed by atoms with van der Waals surface area (Å²) in [6.45, 7) is 7.30. The fourth-order valence-electron chi connectivity index (χ4n) is 8.41. The summed E-state index contributed by atoms with van der Waals surface area (Å²) in [4.78, 5) is 33.3. The molecule has 0 N–H and O–H groups in total. The molecule has 2 aromatic carbocycles. The Balaban J connectivity index is 1.25. The van der Waals surface area contributed by atoms with Gasteiger partial charge in [-0.2, -0.15) is 9.97 Å². The second kappa shape index (κ2) is 11.0. The van der Waals surface area contributed by atoms with Crippen molar-refractivity contribution >= 4 is 33.4 Å². The molecule has 4 fully saturated rings. The Labute approximate surface area is 266 Å². The molecule has 1 amide bonds. The number of anilines is 1. The van der Waals surface area contributed by atoms with Crippen molar-refractivity contribution in [2.75, 3.05) is 37.7 Å². The molecule has 0 saturated carbocycles. The summed E-state index contributed by atoms with van der Waals surface area (Å²) >= 11 is 0. The normalized spacial score (nSPS) is 21.9. The standard InChI is InChI=1S/C36H34F2N6O2/c1-3-25-28(37)13-10-22-8-5-9-26(30(22)25)32-31(38)33-27(18-39-32)34(42-19-23-11-12-24(20-42)44(23)29(45)4-2)41-35(40-33)46-21-36-14-6-16-43(36)17-7-15-36/h1,4-5,8-10,13,18,23-24H,2,6-7,11-12,14-17,19-21H2. The van der Waals surface area contributed by atoms with Crippen molar-refractivity contribution in [1.82, 2.24) is 24.8 Å². The number of carbonyl (C=O) groups is 1. The number of pyridine rings is 1. The number of hydrogen-bond acceptors (Lipinski definition) is 7. The predicted molar refractivity (Wildman–Crippen MR) is 172 cm³/mol. The summed E-state index contributed by atoms with van der Waals surface area (Å²) in [5.74, 6) is 1.68. The first-order valence-electron chi connectivity index (χ1n) is 16.0. The van der Waals surface area contributed by atoms with E-state index in [0.29, 0.717) is 47.2 Å². The van der Waals surface area contributed by atoms with Crippen LogP contribution in [0.2, 0.25) is 0 Å². The van der Waals surface area contributed by atoms with Crippen LogP contribution >= 0.6 is 0 Å². The van der Waals surface area contributed by atoms with Crippen molar-refractivity contribution < 1.29 is 18.3 Å². The number of terminal acetylenes is 1. The number of hydrogen-bond donors (Lipinski definition) is 0. The first-order chi connectivity index (χ1) is 22.4. The van der Waals surface area contributed by atoms with E-state index < -0.39 is 11.6 Å². The Hall–Kier alpha value is -4.62. The SMILES string of the molecule is C#Cc1c(F)ccc2cccc(-c3ncc4c(N5CC6CCC(C5)N6C(=O)C=C)nc(OCC56CCCN5CCC6)nc4c3F)c12. The van der Waals surface area contributed by atoms with Gasteiger partial charge in [0.25, 0.3) is 0 Å². The van der Waals surface area contributed by atoms with E-state index in [2.05, 4.69) is 32.3 Å². The number of amides is 1. The molecule has 2 bridgehead atoms. The van der Waals surface area contributed by atoms with Crippen molar-refractivity contribution in [2.24, 2.45) is 0 Å². The van der Waals surface area contributed by atoms with Gasteiger partial charge in [-0.1, -0.05) is 36.8 Å². The van der Waals surface area contributed by atoms with E-state index in [1.807, 2.05) is 11.0 Å². The summed E-state index contributed by atoms with van der Waals surface area (Å²) in [7, 11) is 0. The molecule has 8 nitrogen and oxygen atoms in total. The minimum atomic E-state index is -0.657. The molecular weight excluding hydrogens is 586 g/mol. The third-order valence-electron chi connectivity index (χ3n) is 10.5. The average molecular weight is 621 g/mol. The van der Waals surface area contributed by atoms with Gasteiger partial charge in [0.05, 0.1) is 16.5 Å². The van der Waals surface area contributed by atoms with Crippen LogP contribution in [0.15, 0.2) is 49.2 Å². The van der Waals surface area contributed by atoms with Gasteiger partial charge in [0.2, 0.25) is 5.91 Å². The van der Waals surface area contributed by atoms with Crippen LogP contribution in [0.1, 0.15) is 44.1 Å². The van der Waals surface area contributed by atoms with Crippen molar-refractivity contribution in [3.63, 3.8) is 0 Å². The lowest BCUT2D eigenvalue weighted by atomic mass is 9.95. The van der Waals surface area contributed by atoms with Gasteiger partial charge in [-0.25, -0.2) is 8.78 Å². The van der Waals surface area contributed by atoms with Crippen LogP contribution in [0.4, 0.5) is 14.6 Å². The molecule has 46 heavy (non-hydrogen) atoms. The van der Waals surface area contributed by atoms with Gasteiger partial charge in [-0.3, -0.25) is 14.7 Å². The smallest absolute Gasteiger partial charge is 0.319 e. The van der Waals surface area contributed by atoms with E-state index >= 15 is 4.39 Å². The highest BCUT2D eigenvalue weighted by Crippen LogP contribution is 2.41. The predicted octanol–water partition coefficient (Wildman–Crippen LogP) is 5.48. The Morgan fingerprint density at radius 1 is 1.11 bits per heavy atom. The van der Waals surface area contributed by atoms with Gasteiger partial charge >= 0.3 is 6.01 Å². The molecule has 0 aliphatic carbocycles. The first kappa shape index (κ1) is 28.8. The van der Waals surface area contributed by atoms with Crippen molar-refractivity contribution in [1.29, 1.82) is 0 Å². The highest BCUT2D eigenvalue weighted by molar-refractivity contribution is 6.02.